The molecule has 0 aromatic heterocycles. The maximum Gasteiger partial charge on any atom is 0.0505 e. The highest BCUT2D eigenvalue weighted by Gasteiger charge is 2.29. The minimum absolute atomic E-state index is 0.337. The van der Waals surface area contributed by atoms with Gasteiger partial charge in [-0.15, -0.1) is 0 Å². The van der Waals surface area contributed by atoms with Crippen molar-refractivity contribution in [2.45, 2.75) is 38.5 Å². The van der Waals surface area contributed by atoms with Crippen molar-refractivity contribution in [2.24, 2.45) is 5.92 Å². The molecule has 5 aromatic rings. The zero-order valence-corrected chi connectivity index (χ0v) is 26.9. The van der Waals surface area contributed by atoms with Gasteiger partial charge in [-0.2, -0.15) is 0 Å². The first-order valence-corrected chi connectivity index (χ1v) is 17.0. The van der Waals surface area contributed by atoms with Crippen molar-refractivity contribution in [3.63, 3.8) is 0 Å². The average molecular weight is 609 g/mol. The number of hydrogen-bond donors (Lipinski definition) is 1. The van der Waals surface area contributed by atoms with E-state index in [1.165, 1.54) is 39.1 Å². The Morgan fingerprint density at radius 1 is 0.574 bits per heavy atom. The van der Waals surface area contributed by atoms with Crippen LogP contribution in [0.2, 0.25) is 0 Å². The van der Waals surface area contributed by atoms with Crippen LogP contribution in [0.15, 0.2) is 146 Å². The Bertz CT molecular complexity index is 1960. The molecule has 8 rings (SSSR count). The summed E-state index contributed by atoms with van der Waals surface area (Å²) in [5.74, 6) is 0.777. The summed E-state index contributed by atoms with van der Waals surface area (Å²) in [5.41, 5.74) is 15.6. The molecule has 2 atom stereocenters. The Morgan fingerprint density at radius 2 is 1.11 bits per heavy atom. The highest BCUT2D eigenvalue weighted by atomic mass is 15.1. The zero-order valence-electron chi connectivity index (χ0n) is 26.9. The Hall–Kier alpha value is -5.34. The monoisotopic (exact) mass is 608 g/mol. The van der Waals surface area contributed by atoms with Crippen LogP contribution < -0.4 is 10.2 Å². The highest BCUT2D eigenvalue weighted by Crippen LogP contribution is 2.47. The third-order valence-corrected chi connectivity index (χ3v) is 9.92. The van der Waals surface area contributed by atoms with Crippen LogP contribution in [0.5, 0.6) is 0 Å². The van der Waals surface area contributed by atoms with E-state index in [9.17, 15) is 0 Å². The molecule has 47 heavy (non-hydrogen) atoms. The van der Waals surface area contributed by atoms with Crippen molar-refractivity contribution in [3.05, 3.63) is 173 Å². The van der Waals surface area contributed by atoms with Gasteiger partial charge in [-0.1, -0.05) is 116 Å². The summed E-state index contributed by atoms with van der Waals surface area (Å²) >= 11 is 0. The van der Waals surface area contributed by atoms with Gasteiger partial charge in [0.05, 0.1) is 5.69 Å². The summed E-state index contributed by atoms with van der Waals surface area (Å²) in [6.45, 7) is 2.35. The molecule has 0 amide bonds. The molecule has 2 unspecified atom stereocenters. The standard InChI is InChI=1S/C45H40N2/c1-32-14-8-9-19-39(32)44-42-22-12-10-20-40(42)41-21-11-13-23-43(41)45(44)46-35-28-24-33(25-29-35)34-26-30-38(31-27-34)47(36-15-4-2-5-16-36)37-17-6-3-7-18-37/h2-9,12-19,22-32,39,46H,10-11,20-21H2,1H3. The Labute approximate surface area is 279 Å². The number of anilines is 5. The molecule has 3 aliphatic rings. The first-order chi connectivity index (χ1) is 23.2. The van der Waals surface area contributed by atoms with E-state index in [2.05, 4.69) is 175 Å². The SMILES string of the molecule is CC1C=CC=CC1c1c2c(c3c(c1Nc1ccc(-c4ccc(N(c5ccccc5)c5ccccc5)cc4)cc1)C=CCC3)CCC=C2. The fourth-order valence-electron chi connectivity index (χ4n) is 7.57. The van der Waals surface area contributed by atoms with Gasteiger partial charge in [0.1, 0.15) is 0 Å². The van der Waals surface area contributed by atoms with Crippen molar-refractivity contribution in [1.82, 2.24) is 0 Å². The van der Waals surface area contributed by atoms with Crippen LogP contribution in [0, 0.1) is 5.92 Å². The minimum Gasteiger partial charge on any atom is -0.355 e. The summed E-state index contributed by atoms with van der Waals surface area (Å²) in [6, 6.07) is 39.0. The molecule has 230 valence electrons. The van der Waals surface area contributed by atoms with Crippen molar-refractivity contribution < 1.29 is 0 Å². The molecule has 5 aromatic carbocycles. The number of fused-ring (bicyclic) bond motifs is 3. The molecule has 1 N–H and O–H groups in total. The van der Waals surface area contributed by atoms with Gasteiger partial charge in [0, 0.05) is 34.2 Å². The van der Waals surface area contributed by atoms with Gasteiger partial charge in [-0.05, 0) is 114 Å². The Kier molecular flexibility index (Phi) is 7.93. The maximum atomic E-state index is 3.96. The number of allylic oxidation sites excluding steroid dienone is 6. The van der Waals surface area contributed by atoms with Crippen molar-refractivity contribution in [3.8, 4) is 11.1 Å². The van der Waals surface area contributed by atoms with Crippen LogP contribution in [0.1, 0.15) is 53.5 Å². The van der Waals surface area contributed by atoms with E-state index in [1.54, 1.807) is 5.56 Å². The van der Waals surface area contributed by atoms with Gasteiger partial charge < -0.3 is 10.2 Å². The van der Waals surface area contributed by atoms with Crippen LogP contribution in [-0.4, -0.2) is 0 Å². The summed E-state index contributed by atoms with van der Waals surface area (Å²) in [5, 5.41) is 3.96. The molecule has 2 heteroatoms. The Morgan fingerprint density at radius 3 is 1.72 bits per heavy atom. The van der Waals surface area contributed by atoms with E-state index >= 15 is 0 Å². The molecule has 0 spiro atoms. The van der Waals surface area contributed by atoms with E-state index in [4.69, 9.17) is 0 Å². The molecular weight excluding hydrogens is 569 g/mol. The fourth-order valence-corrected chi connectivity index (χ4v) is 7.57. The van der Waals surface area contributed by atoms with Crippen molar-refractivity contribution >= 4 is 40.6 Å². The van der Waals surface area contributed by atoms with Gasteiger partial charge in [0.25, 0.3) is 0 Å². The molecule has 0 heterocycles. The topological polar surface area (TPSA) is 15.3 Å². The average Bonchev–Trinajstić information content (AvgIpc) is 3.14. The van der Waals surface area contributed by atoms with Crippen LogP contribution in [0.4, 0.5) is 28.4 Å². The zero-order chi connectivity index (χ0) is 31.6. The molecule has 0 bridgehead atoms. The lowest BCUT2D eigenvalue weighted by molar-refractivity contribution is 0.634. The molecule has 0 fully saturated rings. The molecule has 0 saturated heterocycles. The van der Waals surface area contributed by atoms with Gasteiger partial charge in [0.2, 0.25) is 0 Å². The first-order valence-electron chi connectivity index (χ1n) is 17.0. The quantitative estimate of drug-likeness (QED) is 0.198. The first kappa shape index (κ1) is 29.1. The summed E-state index contributed by atoms with van der Waals surface area (Å²) in [6.07, 6.45) is 23.2. The summed E-state index contributed by atoms with van der Waals surface area (Å²) in [4.78, 5) is 2.30. The van der Waals surface area contributed by atoms with Crippen LogP contribution in [-0.2, 0) is 12.8 Å². The lowest BCUT2D eigenvalue weighted by atomic mass is 9.74. The molecular formula is C45H40N2. The predicted molar refractivity (Wildman–Crippen MR) is 201 cm³/mol. The maximum absolute atomic E-state index is 3.96. The largest absolute Gasteiger partial charge is 0.355 e. The number of para-hydroxylation sites is 2. The van der Waals surface area contributed by atoms with E-state index in [0.717, 1.165) is 48.4 Å². The van der Waals surface area contributed by atoms with Crippen LogP contribution >= 0.6 is 0 Å². The highest BCUT2D eigenvalue weighted by molar-refractivity contribution is 5.86. The fraction of sp³-hybridized carbons (Fsp3) is 0.156. The van der Waals surface area contributed by atoms with Gasteiger partial charge in [-0.3, -0.25) is 0 Å². The van der Waals surface area contributed by atoms with Crippen molar-refractivity contribution in [2.75, 3.05) is 10.2 Å². The lowest BCUT2D eigenvalue weighted by Crippen LogP contribution is -2.17. The molecule has 0 aliphatic heterocycles. The second kappa shape index (κ2) is 12.8. The number of rotatable bonds is 7. The molecule has 0 saturated carbocycles. The number of benzene rings is 5. The van der Waals surface area contributed by atoms with Crippen LogP contribution in [0.25, 0.3) is 23.3 Å². The third-order valence-electron chi connectivity index (χ3n) is 9.92. The molecule has 0 radical (unpaired) electrons. The predicted octanol–water partition coefficient (Wildman–Crippen LogP) is 12.3. The smallest absolute Gasteiger partial charge is 0.0505 e. The summed E-state index contributed by atoms with van der Waals surface area (Å²) < 4.78 is 0. The van der Waals surface area contributed by atoms with E-state index in [-0.39, 0.29) is 0 Å². The van der Waals surface area contributed by atoms with E-state index in [0.29, 0.717) is 11.8 Å². The summed E-state index contributed by atoms with van der Waals surface area (Å²) in [7, 11) is 0. The van der Waals surface area contributed by atoms with E-state index < -0.39 is 0 Å². The Balaban J connectivity index is 1.12. The van der Waals surface area contributed by atoms with E-state index in [1.807, 2.05) is 0 Å². The third kappa shape index (κ3) is 5.66. The normalized spacial score (nSPS) is 17.6. The van der Waals surface area contributed by atoms with Gasteiger partial charge in [-0.25, -0.2) is 0 Å². The second-order valence-electron chi connectivity index (χ2n) is 12.9. The van der Waals surface area contributed by atoms with Crippen LogP contribution in [0.3, 0.4) is 0 Å². The lowest BCUT2D eigenvalue weighted by Gasteiger charge is -2.33. The molecule has 3 aliphatic carbocycles. The minimum atomic E-state index is 0.337. The number of hydrogen-bond acceptors (Lipinski definition) is 2. The van der Waals surface area contributed by atoms with Crippen molar-refractivity contribution in [1.29, 1.82) is 0 Å². The second-order valence-corrected chi connectivity index (χ2v) is 12.9. The number of nitrogens with zero attached hydrogens (tertiary/aromatic N) is 1. The van der Waals surface area contributed by atoms with Gasteiger partial charge >= 0.3 is 0 Å². The number of nitrogens with one attached hydrogen (secondary N) is 1. The molecule has 2 nitrogen and oxygen atoms in total. The van der Waals surface area contributed by atoms with Gasteiger partial charge in [0.15, 0.2) is 0 Å².